The summed E-state index contributed by atoms with van der Waals surface area (Å²) in [6.07, 6.45) is 4.71. The summed E-state index contributed by atoms with van der Waals surface area (Å²) < 4.78 is 5.13. The van der Waals surface area contributed by atoms with Gasteiger partial charge in [-0.05, 0) is 53.9 Å². The number of phenols is 1. The van der Waals surface area contributed by atoms with Crippen LogP contribution in [0.3, 0.4) is 0 Å². The zero-order chi connectivity index (χ0) is 19.8. The standard InChI is InChI=1S/C21H23ClN2O2S/c1-21(2,3)13-5-6-14-15(10-23)20(27-18(14)9-13)24-11-12-7-16(22)19(25)17(8-12)26-4/h7-8,11,13,25H,5-6,9H2,1-4H3/b24-11+/t13-/m0/s1. The molecule has 1 aliphatic carbocycles. The van der Waals surface area contributed by atoms with Crippen molar-refractivity contribution in [2.24, 2.45) is 16.3 Å². The van der Waals surface area contributed by atoms with E-state index >= 15 is 0 Å². The van der Waals surface area contributed by atoms with Crippen LogP contribution in [0.5, 0.6) is 11.5 Å². The van der Waals surface area contributed by atoms with E-state index in [1.165, 1.54) is 12.0 Å². The molecule has 0 saturated heterocycles. The molecule has 1 atom stereocenters. The number of hydrogen-bond acceptors (Lipinski definition) is 5. The maximum Gasteiger partial charge on any atom is 0.176 e. The van der Waals surface area contributed by atoms with Gasteiger partial charge in [-0.3, -0.25) is 0 Å². The van der Waals surface area contributed by atoms with E-state index in [9.17, 15) is 10.4 Å². The molecule has 1 N–H and O–H groups in total. The van der Waals surface area contributed by atoms with Gasteiger partial charge in [-0.25, -0.2) is 4.99 Å². The number of phenolic OH excluding ortho intramolecular Hbond substituents is 1. The van der Waals surface area contributed by atoms with Gasteiger partial charge in [-0.1, -0.05) is 32.4 Å². The normalized spacial score (nSPS) is 17.0. The molecule has 4 nitrogen and oxygen atoms in total. The molecule has 0 aliphatic heterocycles. The minimum absolute atomic E-state index is 0.0890. The van der Waals surface area contributed by atoms with Crippen molar-refractivity contribution in [2.45, 2.75) is 40.0 Å². The predicted molar refractivity (Wildman–Crippen MR) is 111 cm³/mol. The largest absolute Gasteiger partial charge is 0.503 e. The minimum atomic E-state index is -0.0890. The molecular weight excluding hydrogens is 380 g/mol. The molecule has 2 aromatic rings. The quantitative estimate of drug-likeness (QED) is 0.651. The van der Waals surface area contributed by atoms with Crippen LogP contribution in [0, 0.1) is 22.7 Å². The second kappa shape index (κ2) is 7.53. The molecule has 1 aromatic heterocycles. The number of thiophene rings is 1. The first-order valence-corrected chi connectivity index (χ1v) is 10.1. The molecule has 6 heteroatoms. The van der Waals surface area contributed by atoms with Gasteiger partial charge in [-0.2, -0.15) is 5.26 Å². The highest BCUT2D eigenvalue weighted by Crippen LogP contribution is 2.45. The highest BCUT2D eigenvalue weighted by Gasteiger charge is 2.32. The maximum absolute atomic E-state index is 9.85. The zero-order valence-electron chi connectivity index (χ0n) is 16.0. The Balaban J connectivity index is 1.93. The van der Waals surface area contributed by atoms with E-state index in [1.807, 2.05) is 0 Å². The van der Waals surface area contributed by atoms with Gasteiger partial charge in [0.05, 0.1) is 17.7 Å². The number of nitrogens with zero attached hydrogens (tertiary/aromatic N) is 2. The number of benzene rings is 1. The summed E-state index contributed by atoms with van der Waals surface area (Å²) in [5.74, 6) is 0.823. The average molecular weight is 403 g/mol. The third-order valence-electron chi connectivity index (χ3n) is 5.18. The van der Waals surface area contributed by atoms with Gasteiger partial charge >= 0.3 is 0 Å². The first-order chi connectivity index (χ1) is 12.7. The fourth-order valence-electron chi connectivity index (χ4n) is 3.47. The minimum Gasteiger partial charge on any atom is -0.503 e. The van der Waals surface area contributed by atoms with Gasteiger partial charge in [0.2, 0.25) is 0 Å². The Morgan fingerprint density at radius 1 is 1.41 bits per heavy atom. The molecule has 0 saturated carbocycles. The van der Waals surface area contributed by atoms with E-state index in [0.29, 0.717) is 22.8 Å². The Labute approximate surface area is 169 Å². The summed E-state index contributed by atoms with van der Waals surface area (Å²) in [6.45, 7) is 6.84. The van der Waals surface area contributed by atoms with Gasteiger partial charge in [0.15, 0.2) is 11.5 Å². The van der Waals surface area contributed by atoms with Gasteiger partial charge in [0, 0.05) is 11.1 Å². The highest BCUT2D eigenvalue weighted by molar-refractivity contribution is 7.16. The van der Waals surface area contributed by atoms with Crippen LogP contribution in [0.15, 0.2) is 17.1 Å². The van der Waals surface area contributed by atoms with Crippen molar-refractivity contribution in [2.75, 3.05) is 7.11 Å². The van der Waals surface area contributed by atoms with Gasteiger partial charge in [0.25, 0.3) is 0 Å². The van der Waals surface area contributed by atoms with Crippen LogP contribution in [0.4, 0.5) is 5.00 Å². The average Bonchev–Trinajstić information content (AvgIpc) is 2.98. The maximum atomic E-state index is 9.85. The highest BCUT2D eigenvalue weighted by atomic mass is 35.5. The van der Waals surface area contributed by atoms with Gasteiger partial charge in [0.1, 0.15) is 11.1 Å². The molecule has 1 aromatic carbocycles. The molecule has 0 radical (unpaired) electrons. The molecule has 1 heterocycles. The first-order valence-electron chi connectivity index (χ1n) is 8.89. The number of nitriles is 1. The van der Waals surface area contributed by atoms with Crippen molar-refractivity contribution in [3.05, 3.63) is 38.7 Å². The summed E-state index contributed by atoms with van der Waals surface area (Å²) in [5.41, 5.74) is 2.82. The molecule has 0 fully saturated rings. The molecule has 0 unspecified atom stereocenters. The van der Waals surface area contributed by atoms with Crippen LogP contribution in [0.25, 0.3) is 0 Å². The van der Waals surface area contributed by atoms with Crippen molar-refractivity contribution in [3.63, 3.8) is 0 Å². The van der Waals surface area contributed by atoms with E-state index < -0.39 is 0 Å². The summed E-state index contributed by atoms with van der Waals surface area (Å²) >= 11 is 7.65. The number of aliphatic imine (C=N–C) groups is 1. The third-order valence-corrected chi connectivity index (χ3v) is 6.64. The number of fused-ring (bicyclic) bond motifs is 1. The molecule has 0 amide bonds. The topological polar surface area (TPSA) is 65.6 Å². The van der Waals surface area contributed by atoms with Crippen LogP contribution in [0.1, 0.15) is 48.8 Å². The van der Waals surface area contributed by atoms with E-state index in [0.717, 1.165) is 29.8 Å². The molecule has 3 rings (SSSR count). The molecule has 1 aliphatic rings. The first kappa shape index (κ1) is 19.7. The van der Waals surface area contributed by atoms with Crippen molar-refractivity contribution in [3.8, 4) is 17.6 Å². The lowest BCUT2D eigenvalue weighted by molar-refractivity contribution is 0.218. The van der Waals surface area contributed by atoms with Crippen molar-refractivity contribution < 1.29 is 9.84 Å². The number of aromatic hydroxyl groups is 1. The number of methoxy groups -OCH3 is 1. The summed E-state index contributed by atoms with van der Waals surface area (Å²) in [7, 11) is 1.47. The monoisotopic (exact) mass is 402 g/mol. The Morgan fingerprint density at radius 2 is 2.15 bits per heavy atom. The predicted octanol–water partition coefficient (Wildman–Crippen LogP) is 5.89. The lowest BCUT2D eigenvalue weighted by Gasteiger charge is -2.33. The fraction of sp³-hybridized carbons (Fsp3) is 0.429. The van der Waals surface area contributed by atoms with E-state index in [-0.39, 0.29) is 16.2 Å². The second-order valence-electron chi connectivity index (χ2n) is 7.91. The number of hydrogen-bond donors (Lipinski definition) is 1. The van der Waals surface area contributed by atoms with E-state index in [1.54, 1.807) is 29.7 Å². The van der Waals surface area contributed by atoms with E-state index in [2.05, 4.69) is 31.8 Å². The summed E-state index contributed by atoms with van der Waals surface area (Å²) in [6, 6.07) is 5.63. The number of halogens is 1. The smallest absolute Gasteiger partial charge is 0.176 e. The molecule has 27 heavy (non-hydrogen) atoms. The zero-order valence-corrected chi connectivity index (χ0v) is 17.5. The Hall–Kier alpha value is -2.03. The summed E-state index contributed by atoms with van der Waals surface area (Å²) in [5, 5.41) is 20.4. The van der Waals surface area contributed by atoms with Crippen molar-refractivity contribution >= 4 is 34.2 Å². The van der Waals surface area contributed by atoms with Gasteiger partial charge < -0.3 is 9.84 Å². The Morgan fingerprint density at radius 3 is 2.78 bits per heavy atom. The molecule has 0 spiro atoms. The summed E-state index contributed by atoms with van der Waals surface area (Å²) in [4.78, 5) is 5.84. The Kier molecular flexibility index (Phi) is 5.50. The van der Waals surface area contributed by atoms with Crippen LogP contribution in [0.2, 0.25) is 5.02 Å². The second-order valence-corrected chi connectivity index (χ2v) is 9.40. The molecule has 142 valence electrons. The van der Waals surface area contributed by atoms with Crippen LogP contribution >= 0.6 is 22.9 Å². The number of ether oxygens (including phenoxy) is 1. The van der Waals surface area contributed by atoms with Gasteiger partial charge in [-0.15, -0.1) is 11.3 Å². The number of rotatable bonds is 3. The van der Waals surface area contributed by atoms with Crippen molar-refractivity contribution in [1.82, 2.24) is 0 Å². The third kappa shape index (κ3) is 3.97. The molecule has 0 bridgehead atoms. The molecular formula is C21H23ClN2O2S. The lowest BCUT2D eigenvalue weighted by Crippen LogP contribution is -2.26. The van der Waals surface area contributed by atoms with Crippen molar-refractivity contribution in [1.29, 1.82) is 5.26 Å². The van der Waals surface area contributed by atoms with Crippen LogP contribution in [-0.4, -0.2) is 18.4 Å². The fourth-order valence-corrected chi connectivity index (χ4v) is 4.91. The van der Waals surface area contributed by atoms with Crippen LogP contribution in [-0.2, 0) is 12.8 Å². The van der Waals surface area contributed by atoms with E-state index in [4.69, 9.17) is 16.3 Å². The SMILES string of the molecule is COc1cc(/C=N/c2sc3c(c2C#N)CC[C@H](C(C)(C)C)C3)cc(Cl)c1O. The van der Waals surface area contributed by atoms with Crippen LogP contribution < -0.4 is 4.74 Å². The lowest BCUT2D eigenvalue weighted by atomic mass is 9.72. The Bertz CT molecular complexity index is 935.